The molecule has 0 atom stereocenters. The summed E-state index contributed by atoms with van der Waals surface area (Å²) < 4.78 is 7.05. The number of aromatic nitrogens is 4. The van der Waals surface area contributed by atoms with Gasteiger partial charge in [0, 0.05) is 0 Å². The molecule has 3 rings (SSSR count). The average Bonchev–Trinajstić information content (AvgIpc) is 2.98. The van der Waals surface area contributed by atoms with E-state index >= 15 is 0 Å². The van der Waals surface area contributed by atoms with E-state index < -0.39 is 0 Å². The second-order valence-corrected chi connectivity index (χ2v) is 5.90. The van der Waals surface area contributed by atoms with Gasteiger partial charge in [-0.25, -0.2) is 0 Å². The van der Waals surface area contributed by atoms with Crippen LogP contribution in [0.4, 0.5) is 0 Å². The molecule has 0 aliphatic carbocycles. The Morgan fingerprint density at radius 1 is 1.22 bits per heavy atom. The van der Waals surface area contributed by atoms with Crippen LogP contribution in [0.5, 0.6) is 0 Å². The SMILES string of the molecule is Clc1ccc(-c2nn[se]c2-n2ccnc2)c(Cl)c1. The van der Waals surface area contributed by atoms with Gasteiger partial charge in [-0.3, -0.25) is 0 Å². The summed E-state index contributed by atoms with van der Waals surface area (Å²) in [6, 6.07) is 5.36. The molecule has 4 nitrogen and oxygen atoms in total. The van der Waals surface area contributed by atoms with E-state index in [1.54, 1.807) is 24.7 Å². The molecule has 0 N–H and O–H groups in total. The number of hydrogen-bond donors (Lipinski definition) is 0. The van der Waals surface area contributed by atoms with E-state index in [0.717, 1.165) is 15.8 Å². The molecule has 0 unspecified atom stereocenters. The third-order valence-corrected chi connectivity index (χ3v) is 4.50. The summed E-state index contributed by atoms with van der Waals surface area (Å²) in [6.45, 7) is 0. The first-order valence-corrected chi connectivity index (χ1v) is 7.39. The Balaban J connectivity index is 2.16. The van der Waals surface area contributed by atoms with Crippen LogP contribution in [0.3, 0.4) is 0 Å². The number of hydrogen-bond acceptors (Lipinski definition) is 3. The summed E-state index contributed by atoms with van der Waals surface area (Å²) in [4.78, 5) is 4.03. The Bertz CT molecular complexity index is 678. The molecule has 90 valence electrons. The molecule has 2 aromatic heterocycles. The van der Waals surface area contributed by atoms with Crippen molar-refractivity contribution in [3.63, 3.8) is 0 Å². The third-order valence-electron chi connectivity index (χ3n) is 2.40. The summed E-state index contributed by atoms with van der Waals surface area (Å²) in [7, 11) is 0. The van der Waals surface area contributed by atoms with Gasteiger partial charge >= 0.3 is 119 Å². The maximum atomic E-state index is 6.20. The molecule has 0 aliphatic heterocycles. The van der Waals surface area contributed by atoms with Crippen molar-refractivity contribution in [3.05, 3.63) is 47.0 Å². The first kappa shape index (κ1) is 11.9. The molecule has 0 spiro atoms. The van der Waals surface area contributed by atoms with Gasteiger partial charge in [-0.2, -0.15) is 0 Å². The number of halogens is 2. The zero-order valence-electron chi connectivity index (χ0n) is 8.92. The van der Waals surface area contributed by atoms with E-state index in [1.165, 1.54) is 0 Å². The summed E-state index contributed by atoms with van der Waals surface area (Å²) in [5.74, 6) is 0. The Morgan fingerprint density at radius 3 is 2.83 bits per heavy atom. The predicted octanol–water partition coefficient (Wildman–Crippen LogP) is 2.69. The van der Waals surface area contributed by atoms with Crippen LogP contribution in [0.2, 0.25) is 10.0 Å². The van der Waals surface area contributed by atoms with Crippen LogP contribution >= 0.6 is 23.2 Å². The van der Waals surface area contributed by atoms with Crippen molar-refractivity contribution < 1.29 is 0 Å². The molecule has 0 radical (unpaired) electrons. The number of benzene rings is 1. The van der Waals surface area contributed by atoms with Crippen molar-refractivity contribution in [2.24, 2.45) is 0 Å². The van der Waals surface area contributed by atoms with E-state index in [-0.39, 0.29) is 14.7 Å². The van der Waals surface area contributed by atoms with Crippen molar-refractivity contribution in [2.75, 3.05) is 0 Å². The average molecular weight is 344 g/mol. The molecule has 0 saturated carbocycles. The summed E-state index contributed by atoms with van der Waals surface area (Å²) in [5, 5.41) is 5.37. The molecular formula is C11H6Cl2N4Se. The van der Waals surface area contributed by atoms with Gasteiger partial charge in [0.05, 0.1) is 0 Å². The molecule has 0 amide bonds. The standard InChI is InChI=1S/C11H6Cl2N4Se/c12-7-1-2-8(9(13)5-7)10-11(18-16-15-10)17-4-3-14-6-17/h1-6H. The van der Waals surface area contributed by atoms with Crippen LogP contribution in [-0.4, -0.2) is 33.5 Å². The van der Waals surface area contributed by atoms with Gasteiger partial charge in [-0.05, 0) is 0 Å². The fourth-order valence-corrected chi connectivity index (χ4v) is 3.42. The van der Waals surface area contributed by atoms with Gasteiger partial charge in [0.1, 0.15) is 0 Å². The van der Waals surface area contributed by atoms with Crippen molar-refractivity contribution in [1.82, 2.24) is 18.7 Å². The minimum atomic E-state index is -0.0565. The molecule has 2 heterocycles. The molecule has 18 heavy (non-hydrogen) atoms. The number of rotatable bonds is 2. The van der Waals surface area contributed by atoms with E-state index in [4.69, 9.17) is 23.2 Å². The van der Waals surface area contributed by atoms with Gasteiger partial charge in [-0.1, -0.05) is 0 Å². The molecule has 0 aliphatic rings. The van der Waals surface area contributed by atoms with Crippen LogP contribution in [0.25, 0.3) is 15.8 Å². The number of imidazole rings is 1. The van der Waals surface area contributed by atoms with Gasteiger partial charge < -0.3 is 0 Å². The Kier molecular flexibility index (Phi) is 3.22. The Morgan fingerprint density at radius 2 is 2.11 bits per heavy atom. The second kappa shape index (κ2) is 4.86. The van der Waals surface area contributed by atoms with E-state index in [0.29, 0.717) is 10.0 Å². The fourth-order valence-electron chi connectivity index (χ4n) is 1.59. The van der Waals surface area contributed by atoms with Crippen LogP contribution in [0.15, 0.2) is 36.9 Å². The topological polar surface area (TPSA) is 43.6 Å². The molecule has 0 fully saturated rings. The molecule has 0 saturated heterocycles. The molecule has 1 aromatic carbocycles. The van der Waals surface area contributed by atoms with E-state index in [2.05, 4.69) is 14.2 Å². The van der Waals surface area contributed by atoms with Gasteiger partial charge in [-0.15, -0.1) is 0 Å². The summed E-state index contributed by atoms with van der Waals surface area (Å²) in [6.07, 6.45) is 5.33. The van der Waals surface area contributed by atoms with Gasteiger partial charge in [0.15, 0.2) is 0 Å². The van der Waals surface area contributed by atoms with Gasteiger partial charge in [0.2, 0.25) is 0 Å². The Hall–Kier alpha value is -1.13. The first-order chi connectivity index (χ1) is 8.75. The maximum absolute atomic E-state index is 6.20. The van der Waals surface area contributed by atoms with E-state index in [9.17, 15) is 0 Å². The molecule has 3 aromatic rings. The summed E-state index contributed by atoms with van der Waals surface area (Å²) >= 11 is 12.0. The van der Waals surface area contributed by atoms with Crippen LogP contribution in [0, 0.1) is 0 Å². The Labute approximate surface area is 119 Å². The second-order valence-electron chi connectivity index (χ2n) is 3.52. The van der Waals surface area contributed by atoms with Crippen LogP contribution in [-0.2, 0) is 0 Å². The zero-order valence-corrected chi connectivity index (χ0v) is 12.1. The van der Waals surface area contributed by atoms with Crippen LogP contribution < -0.4 is 0 Å². The fraction of sp³-hybridized carbons (Fsp3) is 0. The quantitative estimate of drug-likeness (QED) is 0.672. The summed E-state index contributed by atoms with van der Waals surface area (Å²) in [5.41, 5.74) is 1.63. The number of nitrogens with zero attached hydrogens (tertiary/aromatic N) is 4. The molecule has 7 heteroatoms. The van der Waals surface area contributed by atoms with Crippen LogP contribution in [0.1, 0.15) is 0 Å². The van der Waals surface area contributed by atoms with Crippen molar-refractivity contribution in [3.8, 4) is 15.8 Å². The molecular weight excluding hydrogens is 338 g/mol. The van der Waals surface area contributed by atoms with Crippen molar-refractivity contribution >= 4 is 37.9 Å². The van der Waals surface area contributed by atoms with Gasteiger partial charge in [0.25, 0.3) is 0 Å². The first-order valence-electron chi connectivity index (χ1n) is 5.02. The molecule has 0 bridgehead atoms. The third kappa shape index (κ3) is 2.10. The predicted molar refractivity (Wildman–Crippen MR) is 71.6 cm³/mol. The normalized spacial score (nSPS) is 10.8. The minimum absolute atomic E-state index is 0.0565. The van der Waals surface area contributed by atoms with Crippen molar-refractivity contribution in [2.45, 2.75) is 0 Å². The van der Waals surface area contributed by atoms with Crippen molar-refractivity contribution in [1.29, 1.82) is 0 Å². The monoisotopic (exact) mass is 344 g/mol. The zero-order chi connectivity index (χ0) is 12.5. The van der Waals surface area contributed by atoms with E-state index in [1.807, 2.05) is 16.8 Å².